The Morgan fingerprint density at radius 2 is 2.14 bits per heavy atom. The molecule has 2 aliphatic heterocycles. The number of benzene rings is 1. The van der Waals surface area contributed by atoms with E-state index in [1.807, 2.05) is 18.2 Å². The van der Waals surface area contributed by atoms with Crippen molar-refractivity contribution in [3.63, 3.8) is 0 Å². The minimum absolute atomic E-state index is 0.0780. The highest BCUT2D eigenvalue weighted by Gasteiger charge is 2.44. The summed E-state index contributed by atoms with van der Waals surface area (Å²) in [5.41, 5.74) is 12.7. The molecular weight excluding hydrogens is 378 g/mol. The van der Waals surface area contributed by atoms with Gasteiger partial charge in [0.1, 0.15) is 11.6 Å². The van der Waals surface area contributed by atoms with Gasteiger partial charge in [0.05, 0.1) is 18.8 Å². The number of carboxylic acids is 1. The molecule has 2 aliphatic rings. The first-order valence-electron chi connectivity index (χ1n) is 9.28. The first-order chi connectivity index (χ1) is 13.9. The summed E-state index contributed by atoms with van der Waals surface area (Å²) in [6.07, 6.45) is 0.530. The Morgan fingerprint density at radius 1 is 1.31 bits per heavy atom. The molecule has 4 rings (SSSR count). The van der Waals surface area contributed by atoms with E-state index in [0.717, 1.165) is 11.1 Å². The van der Waals surface area contributed by atoms with Gasteiger partial charge in [-0.3, -0.25) is 4.90 Å². The summed E-state index contributed by atoms with van der Waals surface area (Å²) in [5.74, 6) is 0.345. The molecule has 1 aromatic heterocycles. The van der Waals surface area contributed by atoms with Crippen LogP contribution < -0.4 is 20.9 Å². The maximum Gasteiger partial charge on any atom is 0.341 e. The normalized spacial score (nSPS) is 21.4. The Balaban J connectivity index is 1.52. The zero-order valence-corrected chi connectivity index (χ0v) is 15.8. The standard InChI is InChI=1S/C19H23N5O5/c20-16-13-7-19(29-17(13)23-18(21)22-16)10-24(5-6-27-11-19)8-12-3-1-2-4-14(12)28-9-15(25)26/h1-4H,5-11H2,(H,25,26)(H4,20,21,22,23)/t19-/m1/s1. The third-order valence-corrected chi connectivity index (χ3v) is 4.98. The highest BCUT2D eigenvalue weighted by Crippen LogP contribution is 2.38. The topological polar surface area (TPSA) is 146 Å². The maximum atomic E-state index is 10.8. The van der Waals surface area contributed by atoms with Crippen LogP contribution in [0, 0.1) is 0 Å². The average molecular weight is 401 g/mol. The molecular formula is C19H23N5O5. The lowest BCUT2D eigenvalue weighted by Gasteiger charge is -2.31. The van der Waals surface area contributed by atoms with Crippen molar-refractivity contribution in [2.45, 2.75) is 18.6 Å². The second-order valence-electron chi connectivity index (χ2n) is 7.27. The Kier molecular flexibility index (Phi) is 5.12. The number of anilines is 2. The molecule has 0 saturated carbocycles. The Hall–Kier alpha value is -3.11. The van der Waals surface area contributed by atoms with E-state index >= 15 is 0 Å². The van der Waals surface area contributed by atoms with E-state index in [1.54, 1.807) is 6.07 Å². The number of carbonyl (C=O) groups is 1. The van der Waals surface area contributed by atoms with Crippen LogP contribution >= 0.6 is 0 Å². The summed E-state index contributed by atoms with van der Waals surface area (Å²) in [7, 11) is 0. The number of carboxylic acid groups (broad SMARTS) is 1. The number of nitrogens with zero attached hydrogens (tertiary/aromatic N) is 3. The number of aliphatic carboxylic acids is 1. The summed E-state index contributed by atoms with van der Waals surface area (Å²) in [4.78, 5) is 21.2. The molecule has 3 heterocycles. The van der Waals surface area contributed by atoms with Crippen molar-refractivity contribution in [2.75, 3.05) is 44.4 Å². The van der Waals surface area contributed by atoms with Gasteiger partial charge >= 0.3 is 5.97 Å². The van der Waals surface area contributed by atoms with E-state index in [2.05, 4.69) is 14.9 Å². The fraction of sp³-hybridized carbons (Fsp3) is 0.421. The van der Waals surface area contributed by atoms with Crippen molar-refractivity contribution in [3.05, 3.63) is 35.4 Å². The molecule has 1 fully saturated rings. The molecule has 0 aliphatic carbocycles. The summed E-state index contributed by atoms with van der Waals surface area (Å²) >= 11 is 0. The van der Waals surface area contributed by atoms with Crippen LogP contribution in [0.25, 0.3) is 0 Å². The van der Waals surface area contributed by atoms with Crippen LogP contribution in [0.3, 0.4) is 0 Å². The first kappa shape index (κ1) is 19.2. The van der Waals surface area contributed by atoms with E-state index in [4.69, 9.17) is 30.8 Å². The number of hydrogen-bond acceptors (Lipinski definition) is 9. The van der Waals surface area contributed by atoms with Crippen LogP contribution in [0.2, 0.25) is 0 Å². The van der Waals surface area contributed by atoms with Crippen molar-refractivity contribution >= 4 is 17.7 Å². The Labute approximate surface area is 167 Å². The van der Waals surface area contributed by atoms with Crippen LogP contribution in [-0.2, 0) is 22.5 Å². The molecule has 1 saturated heterocycles. The van der Waals surface area contributed by atoms with Gasteiger partial charge in [-0.1, -0.05) is 18.2 Å². The van der Waals surface area contributed by atoms with Crippen LogP contribution in [0.4, 0.5) is 11.8 Å². The zero-order valence-electron chi connectivity index (χ0n) is 15.8. The van der Waals surface area contributed by atoms with Crippen LogP contribution in [0.1, 0.15) is 11.1 Å². The fourth-order valence-electron chi connectivity index (χ4n) is 3.75. The third kappa shape index (κ3) is 4.17. The molecule has 29 heavy (non-hydrogen) atoms. The predicted octanol–water partition coefficient (Wildman–Crippen LogP) is 0.311. The van der Waals surface area contributed by atoms with E-state index in [-0.39, 0.29) is 12.6 Å². The molecule has 1 atom stereocenters. The number of para-hydroxylation sites is 1. The minimum Gasteiger partial charge on any atom is -0.482 e. The third-order valence-electron chi connectivity index (χ3n) is 4.98. The smallest absolute Gasteiger partial charge is 0.341 e. The lowest BCUT2D eigenvalue weighted by molar-refractivity contribution is -0.139. The Morgan fingerprint density at radius 3 is 2.97 bits per heavy atom. The van der Waals surface area contributed by atoms with Crippen molar-refractivity contribution in [1.82, 2.24) is 14.9 Å². The van der Waals surface area contributed by atoms with Gasteiger partial charge in [0.2, 0.25) is 11.8 Å². The predicted molar refractivity (Wildman–Crippen MR) is 104 cm³/mol. The van der Waals surface area contributed by atoms with Crippen molar-refractivity contribution in [3.8, 4) is 11.6 Å². The molecule has 154 valence electrons. The molecule has 0 amide bonds. The number of fused-ring (bicyclic) bond motifs is 1. The number of aromatic nitrogens is 2. The molecule has 2 aromatic rings. The van der Waals surface area contributed by atoms with Crippen LogP contribution in [0.15, 0.2) is 24.3 Å². The summed E-state index contributed by atoms with van der Waals surface area (Å²) in [6.45, 7) is 2.39. The second kappa shape index (κ2) is 7.72. The van der Waals surface area contributed by atoms with Gasteiger partial charge < -0.3 is 30.8 Å². The van der Waals surface area contributed by atoms with Crippen molar-refractivity contribution in [1.29, 1.82) is 0 Å². The molecule has 0 unspecified atom stereocenters. The van der Waals surface area contributed by atoms with Gasteiger partial charge in [-0.25, -0.2) is 4.79 Å². The zero-order chi connectivity index (χ0) is 20.4. The minimum atomic E-state index is -1.02. The number of nitrogens with two attached hydrogens (primary N) is 2. The molecule has 10 heteroatoms. The first-order valence-corrected chi connectivity index (χ1v) is 9.28. The van der Waals surface area contributed by atoms with E-state index in [9.17, 15) is 4.79 Å². The molecule has 1 aromatic carbocycles. The molecule has 0 bridgehead atoms. The molecule has 1 spiro atoms. The number of hydrogen-bond donors (Lipinski definition) is 3. The van der Waals surface area contributed by atoms with Crippen LogP contribution in [0.5, 0.6) is 11.6 Å². The van der Waals surface area contributed by atoms with Gasteiger partial charge in [0.15, 0.2) is 12.2 Å². The van der Waals surface area contributed by atoms with E-state index in [0.29, 0.717) is 56.7 Å². The SMILES string of the molecule is Nc1nc(N)c2c(n1)O[C@]1(COCCN(Cc3ccccc3OCC(=O)O)C1)C2. The van der Waals surface area contributed by atoms with Gasteiger partial charge in [-0.05, 0) is 6.07 Å². The average Bonchev–Trinajstić information content (AvgIpc) is 2.90. The fourth-order valence-corrected chi connectivity index (χ4v) is 3.75. The molecule has 0 radical (unpaired) electrons. The van der Waals surface area contributed by atoms with E-state index < -0.39 is 11.6 Å². The van der Waals surface area contributed by atoms with Crippen LogP contribution in [-0.4, -0.2) is 64.5 Å². The number of rotatable bonds is 5. The summed E-state index contributed by atoms with van der Waals surface area (Å²) in [5, 5.41) is 8.89. The quantitative estimate of drug-likeness (QED) is 0.639. The largest absolute Gasteiger partial charge is 0.482 e. The highest BCUT2D eigenvalue weighted by molar-refractivity contribution is 5.68. The monoisotopic (exact) mass is 401 g/mol. The van der Waals surface area contributed by atoms with Gasteiger partial charge in [0.25, 0.3) is 0 Å². The lowest BCUT2D eigenvalue weighted by Crippen LogP contribution is -2.48. The molecule has 5 N–H and O–H groups in total. The van der Waals surface area contributed by atoms with Gasteiger partial charge in [-0.2, -0.15) is 9.97 Å². The summed E-state index contributed by atoms with van der Waals surface area (Å²) < 4.78 is 17.4. The van der Waals surface area contributed by atoms with E-state index in [1.165, 1.54) is 0 Å². The van der Waals surface area contributed by atoms with Crippen molar-refractivity contribution in [2.24, 2.45) is 0 Å². The van der Waals surface area contributed by atoms with Gasteiger partial charge in [-0.15, -0.1) is 0 Å². The maximum absolute atomic E-state index is 10.8. The highest BCUT2D eigenvalue weighted by atomic mass is 16.6. The number of nitrogen functional groups attached to an aromatic ring is 2. The van der Waals surface area contributed by atoms with Crippen molar-refractivity contribution < 1.29 is 24.1 Å². The second-order valence-corrected chi connectivity index (χ2v) is 7.27. The number of ether oxygens (including phenoxy) is 3. The lowest BCUT2D eigenvalue weighted by atomic mass is 9.97. The van der Waals surface area contributed by atoms with Gasteiger partial charge in [0, 0.05) is 31.6 Å². The molecule has 10 nitrogen and oxygen atoms in total. The summed E-state index contributed by atoms with van der Waals surface area (Å²) in [6, 6.07) is 7.40. The Bertz CT molecular complexity index is 924.